The normalized spacial score (nSPS) is 15.8. The lowest BCUT2D eigenvalue weighted by atomic mass is 10.1. The first-order valence-corrected chi connectivity index (χ1v) is 6.69. The molecular weight excluding hydrogens is 254 g/mol. The second-order valence-corrected chi connectivity index (χ2v) is 5.00. The average Bonchev–Trinajstić information content (AvgIpc) is 2.94. The molecule has 1 aromatic heterocycles. The van der Waals surface area contributed by atoms with Crippen LogP contribution in [0, 0.1) is 0 Å². The summed E-state index contributed by atoms with van der Waals surface area (Å²) in [6.07, 6.45) is 2.25. The number of rotatable bonds is 3. The highest BCUT2D eigenvalue weighted by Gasteiger charge is 2.25. The molecule has 1 unspecified atom stereocenters. The topological polar surface area (TPSA) is 77.0 Å². The molecule has 0 fully saturated rings. The fourth-order valence-corrected chi connectivity index (χ4v) is 2.44. The van der Waals surface area contributed by atoms with Gasteiger partial charge >= 0.3 is 0 Å². The monoisotopic (exact) mass is 271 g/mol. The second kappa shape index (κ2) is 5.42. The molecule has 0 saturated carbocycles. The molecule has 6 nitrogen and oxygen atoms in total. The number of aromatic nitrogens is 3. The highest BCUT2D eigenvalue weighted by Crippen LogP contribution is 2.11. The molecule has 3 rings (SSSR count). The van der Waals surface area contributed by atoms with Crippen molar-refractivity contribution in [2.75, 3.05) is 6.54 Å². The van der Waals surface area contributed by atoms with Crippen molar-refractivity contribution in [3.05, 3.63) is 48.0 Å². The minimum Gasteiger partial charge on any atom is -0.332 e. The molecule has 0 spiro atoms. The zero-order valence-corrected chi connectivity index (χ0v) is 11.1. The van der Waals surface area contributed by atoms with Crippen molar-refractivity contribution in [3.8, 4) is 0 Å². The molecule has 2 heterocycles. The maximum absolute atomic E-state index is 12.4. The number of hydrogen-bond acceptors (Lipinski definition) is 4. The Morgan fingerprint density at radius 1 is 1.30 bits per heavy atom. The minimum absolute atomic E-state index is 0.0249. The Kier molecular flexibility index (Phi) is 3.47. The smallest absolute Gasteiger partial charge is 0.240 e. The van der Waals surface area contributed by atoms with E-state index in [9.17, 15) is 4.79 Å². The second-order valence-electron chi connectivity index (χ2n) is 5.00. The zero-order valence-electron chi connectivity index (χ0n) is 11.1. The highest BCUT2D eigenvalue weighted by atomic mass is 16.2. The van der Waals surface area contributed by atoms with E-state index >= 15 is 0 Å². The van der Waals surface area contributed by atoms with Crippen molar-refractivity contribution in [2.24, 2.45) is 5.73 Å². The van der Waals surface area contributed by atoms with Gasteiger partial charge in [-0.05, 0) is 12.0 Å². The first-order valence-electron chi connectivity index (χ1n) is 6.69. The van der Waals surface area contributed by atoms with E-state index in [4.69, 9.17) is 5.73 Å². The third kappa shape index (κ3) is 2.55. The van der Waals surface area contributed by atoms with Gasteiger partial charge in [-0.3, -0.25) is 4.79 Å². The number of carbonyl (C=O) groups excluding carboxylic acids is 1. The van der Waals surface area contributed by atoms with E-state index in [0.29, 0.717) is 19.5 Å². The average molecular weight is 271 g/mol. The van der Waals surface area contributed by atoms with E-state index in [-0.39, 0.29) is 5.91 Å². The van der Waals surface area contributed by atoms with Gasteiger partial charge in [0.2, 0.25) is 5.91 Å². The molecular formula is C14H17N5O. The fourth-order valence-electron chi connectivity index (χ4n) is 2.44. The van der Waals surface area contributed by atoms with Gasteiger partial charge in [0.1, 0.15) is 6.33 Å². The van der Waals surface area contributed by atoms with Gasteiger partial charge in [0.15, 0.2) is 5.82 Å². The molecule has 1 aliphatic heterocycles. The van der Waals surface area contributed by atoms with E-state index in [0.717, 1.165) is 17.9 Å². The van der Waals surface area contributed by atoms with Crippen LogP contribution >= 0.6 is 0 Å². The predicted octanol–water partition coefficient (Wildman–Crippen LogP) is 0.190. The van der Waals surface area contributed by atoms with E-state index in [1.807, 2.05) is 34.9 Å². The summed E-state index contributed by atoms with van der Waals surface area (Å²) < 4.78 is 1.96. The van der Waals surface area contributed by atoms with Crippen LogP contribution in [0.3, 0.4) is 0 Å². The Morgan fingerprint density at radius 2 is 2.10 bits per heavy atom. The van der Waals surface area contributed by atoms with Crippen LogP contribution in [0.5, 0.6) is 0 Å². The first-order chi connectivity index (χ1) is 9.74. The Morgan fingerprint density at radius 3 is 2.90 bits per heavy atom. The number of carbonyl (C=O) groups is 1. The van der Waals surface area contributed by atoms with Crippen LogP contribution < -0.4 is 5.73 Å². The molecule has 0 bridgehead atoms. The van der Waals surface area contributed by atoms with Crippen molar-refractivity contribution in [1.29, 1.82) is 0 Å². The molecule has 6 heteroatoms. The molecule has 1 aliphatic rings. The SMILES string of the molecule is NC(Cc1ccccc1)C(=O)N1CCn2cnnc2C1. The highest BCUT2D eigenvalue weighted by molar-refractivity contribution is 5.82. The van der Waals surface area contributed by atoms with Crippen LogP contribution in [-0.4, -0.2) is 38.2 Å². The maximum Gasteiger partial charge on any atom is 0.240 e. The summed E-state index contributed by atoms with van der Waals surface area (Å²) in [5.41, 5.74) is 7.12. The summed E-state index contributed by atoms with van der Waals surface area (Å²) >= 11 is 0. The Labute approximate surface area is 117 Å². The van der Waals surface area contributed by atoms with E-state index < -0.39 is 6.04 Å². The fraction of sp³-hybridized carbons (Fsp3) is 0.357. The molecule has 20 heavy (non-hydrogen) atoms. The maximum atomic E-state index is 12.4. The van der Waals surface area contributed by atoms with Crippen LogP contribution in [0.2, 0.25) is 0 Å². The third-order valence-corrected chi connectivity index (χ3v) is 3.57. The van der Waals surface area contributed by atoms with Crippen molar-refractivity contribution in [1.82, 2.24) is 19.7 Å². The molecule has 1 atom stereocenters. The van der Waals surface area contributed by atoms with E-state index in [1.54, 1.807) is 11.2 Å². The molecule has 2 N–H and O–H groups in total. The summed E-state index contributed by atoms with van der Waals surface area (Å²) in [5, 5.41) is 7.86. The van der Waals surface area contributed by atoms with Crippen LogP contribution in [0.1, 0.15) is 11.4 Å². The van der Waals surface area contributed by atoms with Gasteiger partial charge < -0.3 is 15.2 Å². The predicted molar refractivity (Wildman–Crippen MR) is 73.6 cm³/mol. The number of hydrogen-bond donors (Lipinski definition) is 1. The van der Waals surface area contributed by atoms with Gasteiger partial charge in [-0.2, -0.15) is 0 Å². The van der Waals surface area contributed by atoms with Gasteiger partial charge in [-0.25, -0.2) is 0 Å². The lowest BCUT2D eigenvalue weighted by Crippen LogP contribution is -2.47. The molecule has 1 amide bonds. The summed E-state index contributed by atoms with van der Waals surface area (Å²) in [6, 6.07) is 9.33. The lowest BCUT2D eigenvalue weighted by molar-refractivity contribution is -0.134. The Bertz CT molecular complexity index is 595. The quantitative estimate of drug-likeness (QED) is 0.864. The van der Waals surface area contributed by atoms with Gasteiger partial charge in [0.25, 0.3) is 0 Å². The van der Waals surface area contributed by atoms with E-state index in [1.165, 1.54) is 0 Å². The molecule has 0 radical (unpaired) electrons. The van der Waals surface area contributed by atoms with E-state index in [2.05, 4.69) is 10.2 Å². The summed E-state index contributed by atoms with van der Waals surface area (Å²) in [4.78, 5) is 14.1. The summed E-state index contributed by atoms with van der Waals surface area (Å²) in [5.74, 6) is 0.791. The van der Waals surface area contributed by atoms with Gasteiger partial charge in [0, 0.05) is 13.1 Å². The zero-order chi connectivity index (χ0) is 13.9. The standard InChI is InChI=1S/C14H17N5O/c15-12(8-11-4-2-1-3-5-11)14(20)18-6-7-19-10-16-17-13(19)9-18/h1-5,10,12H,6-9,15H2. The van der Waals surface area contributed by atoms with Crippen molar-refractivity contribution < 1.29 is 4.79 Å². The van der Waals surface area contributed by atoms with Crippen molar-refractivity contribution in [3.63, 3.8) is 0 Å². The lowest BCUT2D eigenvalue weighted by Gasteiger charge is -2.29. The van der Waals surface area contributed by atoms with Crippen molar-refractivity contribution in [2.45, 2.75) is 25.6 Å². The van der Waals surface area contributed by atoms with Gasteiger partial charge in [0.05, 0.1) is 12.6 Å². The van der Waals surface area contributed by atoms with Crippen LogP contribution in [-0.2, 0) is 24.3 Å². The summed E-state index contributed by atoms with van der Waals surface area (Å²) in [6.45, 7) is 1.87. The van der Waals surface area contributed by atoms with Crippen LogP contribution in [0.4, 0.5) is 0 Å². The molecule has 0 saturated heterocycles. The van der Waals surface area contributed by atoms with Gasteiger partial charge in [-0.1, -0.05) is 30.3 Å². The summed E-state index contributed by atoms with van der Waals surface area (Å²) in [7, 11) is 0. The largest absolute Gasteiger partial charge is 0.332 e. The number of nitrogens with zero attached hydrogens (tertiary/aromatic N) is 4. The minimum atomic E-state index is -0.508. The first kappa shape index (κ1) is 12.8. The third-order valence-electron chi connectivity index (χ3n) is 3.57. The van der Waals surface area contributed by atoms with Crippen molar-refractivity contribution >= 4 is 5.91 Å². The Hall–Kier alpha value is -2.21. The molecule has 1 aromatic carbocycles. The Balaban J connectivity index is 1.64. The molecule has 0 aliphatic carbocycles. The van der Waals surface area contributed by atoms with Gasteiger partial charge in [-0.15, -0.1) is 10.2 Å². The number of benzene rings is 1. The number of fused-ring (bicyclic) bond motifs is 1. The van der Waals surface area contributed by atoms with Crippen LogP contribution in [0.15, 0.2) is 36.7 Å². The molecule has 2 aromatic rings. The molecule has 104 valence electrons. The number of amides is 1. The van der Waals surface area contributed by atoms with Crippen LogP contribution in [0.25, 0.3) is 0 Å². The number of nitrogens with two attached hydrogens (primary N) is 1.